The number of hydrogen-bond donors (Lipinski definition) is 1. The summed E-state index contributed by atoms with van der Waals surface area (Å²) >= 11 is 1.76. The van der Waals surface area contributed by atoms with Crippen molar-refractivity contribution in [3.05, 3.63) is 16.6 Å². The van der Waals surface area contributed by atoms with Crippen molar-refractivity contribution >= 4 is 11.3 Å². The monoisotopic (exact) mass is 253 g/mol. The molecule has 96 valence electrons. The molecule has 0 saturated carbocycles. The smallest absolute Gasteiger partial charge is 0.107 e. The van der Waals surface area contributed by atoms with Crippen LogP contribution in [0, 0.1) is 5.92 Å². The van der Waals surface area contributed by atoms with Crippen molar-refractivity contribution in [2.45, 2.75) is 45.8 Å². The first-order chi connectivity index (χ1) is 8.16. The lowest BCUT2D eigenvalue weighted by atomic mass is 10.0. The van der Waals surface area contributed by atoms with Gasteiger partial charge in [0.05, 0.1) is 6.54 Å². The third-order valence-electron chi connectivity index (χ3n) is 3.65. The average molecular weight is 253 g/mol. The number of nitrogens with one attached hydrogen (secondary N) is 1. The van der Waals surface area contributed by atoms with Gasteiger partial charge in [-0.2, -0.15) is 0 Å². The lowest BCUT2D eigenvalue weighted by molar-refractivity contribution is 0.184. The zero-order valence-electron chi connectivity index (χ0n) is 11.0. The Balaban J connectivity index is 2.01. The van der Waals surface area contributed by atoms with Gasteiger partial charge < -0.3 is 5.32 Å². The van der Waals surface area contributed by atoms with Gasteiger partial charge in [0.1, 0.15) is 5.01 Å². The molecule has 1 aromatic rings. The molecule has 17 heavy (non-hydrogen) atoms. The molecule has 1 N–H and O–H groups in total. The number of hydrogen-bond acceptors (Lipinski definition) is 4. The minimum atomic E-state index is 0.611. The van der Waals surface area contributed by atoms with E-state index in [4.69, 9.17) is 0 Å². The van der Waals surface area contributed by atoms with Crippen LogP contribution in [0.3, 0.4) is 0 Å². The topological polar surface area (TPSA) is 28.2 Å². The Morgan fingerprint density at radius 2 is 2.41 bits per heavy atom. The van der Waals surface area contributed by atoms with Gasteiger partial charge in [0.25, 0.3) is 0 Å². The molecule has 0 bridgehead atoms. The Morgan fingerprint density at radius 3 is 3.06 bits per heavy atom. The SMILES string of the molecule is CC(C)C1CN(Cc2nccs2)C(C)CCN1. The Morgan fingerprint density at radius 1 is 1.59 bits per heavy atom. The first kappa shape index (κ1) is 13.0. The molecule has 0 amide bonds. The van der Waals surface area contributed by atoms with E-state index in [1.54, 1.807) is 11.3 Å². The van der Waals surface area contributed by atoms with E-state index in [0.717, 1.165) is 19.6 Å². The number of aromatic nitrogens is 1. The van der Waals surface area contributed by atoms with Crippen LogP contribution >= 0.6 is 11.3 Å². The van der Waals surface area contributed by atoms with Crippen molar-refractivity contribution in [1.29, 1.82) is 0 Å². The van der Waals surface area contributed by atoms with Gasteiger partial charge in [-0.3, -0.25) is 4.90 Å². The van der Waals surface area contributed by atoms with Gasteiger partial charge in [-0.25, -0.2) is 4.98 Å². The molecule has 0 spiro atoms. The molecule has 1 saturated heterocycles. The van der Waals surface area contributed by atoms with E-state index in [9.17, 15) is 0 Å². The number of nitrogens with zero attached hydrogens (tertiary/aromatic N) is 2. The molecule has 1 aliphatic heterocycles. The quantitative estimate of drug-likeness (QED) is 0.896. The number of rotatable bonds is 3. The molecule has 1 aromatic heterocycles. The maximum Gasteiger partial charge on any atom is 0.107 e. The van der Waals surface area contributed by atoms with E-state index in [-0.39, 0.29) is 0 Å². The van der Waals surface area contributed by atoms with Crippen LogP contribution < -0.4 is 5.32 Å². The molecule has 2 heterocycles. The maximum absolute atomic E-state index is 4.40. The third kappa shape index (κ3) is 3.50. The normalized spacial score (nSPS) is 27.3. The highest BCUT2D eigenvalue weighted by atomic mass is 32.1. The summed E-state index contributed by atoms with van der Waals surface area (Å²) in [7, 11) is 0. The Hall–Kier alpha value is -0.450. The highest BCUT2D eigenvalue weighted by molar-refractivity contribution is 7.09. The minimum Gasteiger partial charge on any atom is -0.312 e. The molecule has 2 atom stereocenters. The predicted octanol–water partition coefficient (Wildman–Crippen LogP) is 2.35. The van der Waals surface area contributed by atoms with Crippen molar-refractivity contribution < 1.29 is 0 Å². The largest absolute Gasteiger partial charge is 0.312 e. The van der Waals surface area contributed by atoms with Gasteiger partial charge in [0.15, 0.2) is 0 Å². The van der Waals surface area contributed by atoms with E-state index in [0.29, 0.717) is 18.0 Å². The van der Waals surface area contributed by atoms with Crippen LogP contribution in [0.2, 0.25) is 0 Å². The molecule has 1 aliphatic rings. The van der Waals surface area contributed by atoms with Gasteiger partial charge >= 0.3 is 0 Å². The highest BCUT2D eigenvalue weighted by Gasteiger charge is 2.24. The van der Waals surface area contributed by atoms with Gasteiger partial charge in [-0.15, -0.1) is 11.3 Å². The minimum absolute atomic E-state index is 0.611. The lowest BCUT2D eigenvalue weighted by Crippen LogP contribution is -2.42. The van der Waals surface area contributed by atoms with Crippen molar-refractivity contribution in [3.8, 4) is 0 Å². The van der Waals surface area contributed by atoms with Gasteiger partial charge in [0.2, 0.25) is 0 Å². The molecular weight excluding hydrogens is 230 g/mol. The molecule has 2 unspecified atom stereocenters. The Labute approximate surface area is 108 Å². The molecule has 3 nitrogen and oxygen atoms in total. The van der Waals surface area contributed by atoms with E-state index in [1.807, 2.05) is 6.20 Å². The summed E-state index contributed by atoms with van der Waals surface area (Å²) in [5, 5.41) is 6.97. The average Bonchev–Trinajstić information content (AvgIpc) is 2.71. The first-order valence-corrected chi connectivity index (χ1v) is 7.40. The Bertz CT molecular complexity index is 323. The van der Waals surface area contributed by atoms with Gasteiger partial charge in [0, 0.05) is 30.2 Å². The molecule has 0 radical (unpaired) electrons. The Kier molecular flexibility index (Phi) is 4.54. The summed E-state index contributed by atoms with van der Waals surface area (Å²) in [4.78, 5) is 6.97. The van der Waals surface area contributed by atoms with Crippen LogP contribution in [0.5, 0.6) is 0 Å². The predicted molar refractivity (Wildman–Crippen MR) is 73.2 cm³/mol. The molecular formula is C13H23N3S. The van der Waals surface area contributed by atoms with E-state index in [1.165, 1.54) is 11.4 Å². The summed E-state index contributed by atoms with van der Waals surface area (Å²) in [6, 6.07) is 1.26. The zero-order valence-corrected chi connectivity index (χ0v) is 11.8. The summed E-state index contributed by atoms with van der Waals surface area (Å²) < 4.78 is 0. The zero-order chi connectivity index (χ0) is 12.3. The second-order valence-corrected chi connectivity index (χ2v) is 6.28. The van der Waals surface area contributed by atoms with Crippen molar-refractivity contribution in [2.75, 3.05) is 13.1 Å². The van der Waals surface area contributed by atoms with Crippen molar-refractivity contribution in [3.63, 3.8) is 0 Å². The molecule has 0 aliphatic carbocycles. The fourth-order valence-electron chi connectivity index (χ4n) is 2.33. The summed E-state index contributed by atoms with van der Waals surface area (Å²) in [5.74, 6) is 0.694. The fraction of sp³-hybridized carbons (Fsp3) is 0.769. The second-order valence-electron chi connectivity index (χ2n) is 5.30. The summed E-state index contributed by atoms with van der Waals surface area (Å²) in [5.41, 5.74) is 0. The van der Waals surface area contributed by atoms with E-state index in [2.05, 4.69) is 41.4 Å². The molecule has 4 heteroatoms. The van der Waals surface area contributed by atoms with Crippen LogP contribution in [0.25, 0.3) is 0 Å². The van der Waals surface area contributed by atoms with E-state index >= 15 is 0 Å². The maximum atomic E-state index is 4.40. The summed E-state index contributed by atoms with van der Waals surface area (Å²) in [6.07, 6.45) is 3.13. The number of thiazole rings is 1. The van der Waals surface area contributed by atoms with Gasteiger partial charge in [-0.1, -0.05) is 13.8 Å². The second kappa shape index (κ2) is 5.94. The van der Waals surface area contributed by atoms with Crippen molar-refractivity contribution in [1.82, 2.24) is 15.2 Å². The summed E-state index contributed by atoms with van der Waals surface area (Å²) in [6.45, 7) is 10.2. The fourth-order valence-corrected chi connectivity index (χ4v) is 2.97. The van der Waals surface area contributed by atoms with Crippen LogP contribution in [-0.2, 0) is 6.54 Å². The van der Waals surface area contributed by atoms with E-state index < -0.39 is 0 Å². The molecule has 0 aromatic carbocycles. The molecule has 2 rings (SSSR count). The van der Waals surface area contributed by atoms with Crippen LogP contribution in [0.4, 0.5) is 0 Å². The third-order valence-corrected chi connectivity index (χ3v) is 4.41. The van der Waals surface area contributed by atoms with Crippen LogP contribution in [0.1, 0.15) is 32.2 Å². The molecule has 1 fully saturated rings. The van der Waals surface area contributed by atoms with Crippen LogP contribution in [0.15, 0.2) is 11.6 Å². The van der Waals surface area contributed by atoms with Crippen molar-refractivity contribution in [2.24, 2.45) is 5.92 Å². The first-order valence-electron chi connectivity index (χ1n) is 6.52. The standard InChI is InChI=1S/C13H23N3S/c1-10(2)12-8-16(11(3)4-5-14-12)9-13-15-6-7-17-13/h6-7,10-12,14H,4-5,8-9H2,1-3H3. The van der Waals surface area contributed by atoms with Crippen LogP contribution in [-0.4, -0.2) is 35.1 Å². The highest BCUT2D eigenvalue weighted by Crippen LogP contribution is 2.17. The van der Waals surface area contributed by atoms with Gasteiger partial charge in [-0.05, 0) is 25.8 Å². The lowest BCUT2D eigenvalue weighted by Gasteiger charge is -2.29.